The minimum Gasteiger partial charge on any atom is -0.352 e. The summed E-state index contributed by atoms with van der Waals surface area (Å²) in [5.74, 6) is -3.33. The molecule has 1 aliphatic rings. The van der Waals surface area contributed by atoms with Gasteiger partial charge in [0.2, 0.25) is 11.8 Å². The van der Waals surface area contributed by atoms with Crippen molar-refractivity contribution < 1.29 is 35.9 Å². The Morgan fingerprint density at radius 3 is 1.72 bits per heavy atom. The van der Waals surface area contributed by atoms with E-state index >= 15 is 0 Å². The summed E-state index contributed by atoms with van der Waals surface area (Å²) >= 11 is 0. The third kappa shape index (κ3) is 11.7. The lowest BCUT2D eigenvalue weighted by molar-refractivity contribution is -0.144. The van der Waals surface area contributed by atoms with E-state index in [9.17, 15) is 35.9 Å². The number of nitrogens with zero attached hydrogens (tertiary/aromatic N) is 2. The lowest BCUT2D eigenvalue weighted by Gasteiger charge is -2.38. The first-order valence-corrected chi connectivity index (χ1v) is 18.5. The van der Waals surface area contributed by atoms with E-state index in [4.69, 9.17) is 0 Å². The first-order valence-electron chi connectivity index (χ1n) is 18.5. The molecule has 0 saturated carbocycles. The van der Waals surface area contributed by atoms with Crippen molar-refractivity contribution in [1.82, 2.24) is 15.1 Å². The van der Waals surface area contributed by atoms with Gasteiger partial charge < -0.3 is 10.2 Å². The van der Waals surface area contributed by atoms with Crippen molar-refractivity contribution >= 4 is 11.8 Å². The Morgan fingerprint density at radius 2 is 1.17 bits per heavy atom. The molecular weight excluding hydrogens is 704 g/mol. The Kier molecular flexibility index (Phi) is 14.0. The van der Waals surface area contributed by atoms with Crippen LogP contribution >= 0.6 is 0 Å². The lowest BCUT2D eigenvalue weighted by atomic mass is 9.80. The molecule has 0 bridgehead atoms. The van der Waals surface area contributed by atoms with Gasteiger partial charge in [0, 0.05) is 39.3 Å². The van der Waals surface area contributed by atoms with Crippen molar-refractivity contribution in [2.75, 3.05) is 26.2 Å². The molecule has 54 heavy (non-hydrogen) atoms. The van der Waals surface area contributed by atoms with Crippen molar-refractivity contribution in [3.63, 3.8) is 0 Å². The molecule has 11 heteroatoms. The van der Waals surface area contributed by atoms with Crippen LogP contribution in [0.1, 0.15) is 65.1 Å². The molecule has 0 radical (unpaired) electrons. The molecule has 0 aromatic heterocycles. The number of amides is 2. The largest absolute Gasteiger partial charge is 0.416 e. The summed E-state index contributed by atoms with van der Waals surface area (Å²) in [5, 5.41) is 2.88. The van der Waals surface area contributed by atoms with Gasteiger partial charge in [-0.1, -0.05) is 105 Å². The van der Waals surface area contributed by atoms with Gasteiger partial charge in [-0.05, 0) is 71.7 Å². The van der Waals surface area contributed by atoms with Gasteiger partial charge in [-0.15, -0.1) is 0 Å². The summed E-state index contributed by atoms with van der Waals surface area (Å²) in [6, 6.07) is 28.0. The van der Waals surface area contributed by atoms with Crippen LogP contribution in [0, 0.1) is 11.8 Å². The van der Waals surface area contributed by atoms with Crippen molar-refractivity contribution in [3.8, 4) is 0 Å². The second-order valence-electron chi connectivity index (χ2n) is 14.1. The minimum absolute atomic E-state index is 0.0690. The van der Waals surface area contributed by atoms with Crippen LogP contribution < -0.4 is 5.32 Å². The highest BCUT2D eigenvalue weighted by atomic mass is 19.4. The number of hydrogen-bond donors (Lipinski definition) is 1. The predicted octanol–water partition coefficient (Wildman–Crippen LogP) is 9.14. The topological polar surface area (TPSA) is 52.7 Å². The van der Waals surface area contributed by atoms with Crippen LogP contribution in [0.2, 0.25) is 0 Å². The summed E-state index contributed by atoms with van der Waals surface area (Å²) < 4.78 is 83.6. The normalized spacial score (nSPS) is 15.1. The average molecular weight is 752 g/mol. The van der Waals surface area contributed by atoms with Crippen LogP contribution in [0.4, 0.5) is 26.3 Å². The molecule has 4 aromatic carbocycles. The fourth-order valence-corrected chi connectivity index (χ4v) is 7.00. The molecular formula is C43H47F6N3O2. The van der Waals surface area contributed by atoms with Crippen LogP contribution in [-0.4, -0.2) is 47.8 Å². The monoisotopic (exact) mass is 751 g/mol. The fourth-order valence-electron chi connectivity index (χ4n) is 7.00. The third-order valence-corrected chi connectivity index (χ3v) is 10.0. The molecule has 0 aliphatic carbocycles. The number of piperazine rings is 1. The van der Waals surface area contributed by atoms with Gasteiger partial charge in [-0.2, -0.15) is 26.3 Å². The van der Waals surface area contributed by atoms with Crippen molar-refractivity contribution in [3.05, 3.63) is 142 Å². The highest BCUT2D eigenvalue weighted by molar-refractivity contribution is 5.88. The maximum Gasteiger partial charge on any atom is 0.416 e. The summed E-state index contributed by atoms with van der Waals surface area (Å²) in [5.41, 5.74) is 0.514. The van der Waals surface area contributed by atoms with Crippen LogP contribution in [0.25, 0.3) is 0 Å². The number of unbranched alkanes of at least 4 members (excludes halogenated alkanes) is 2. The Bertz CT molecular complexity index is 1760. The lowest BCUT2D eigenvalue weighted by Crippen LogP contribution is -2.52. The average Bonchev–Trinajstić information content (AvgIpc) is 3.16. The van der Waals surface area contributed by atoms with E-state index in [1.165, 1.54) is 0 Å². The van der Waals surface area contributed by atoms with E-state index in [1.807, 2.05) is 54.6 Å². The number of benzene rings is 4. The fraction of sp³-hybridized carbons (Fsp3) is 0.395. The number of alkyl halides is 6. The molecule has 4 aromatic rings. The minimum atomic E-state index is -5.06. The van der Waals surface area contributed by atoms with Crippen molar-refractivity contribution in [2.24, 2.45) is 11.8 Å². The van der Waals surface area contributed by atoms with Crippen molar-refractivity contribution in [2.45, 2.75) is 70.9 Å². The molecule has 5 rings (SSSR count). The standard InChI is InChI=1S/C43H47F6N3O2/c1-2-3-6-11-31-16-18-33(19-17-31)29-50-40(53)38(27-35-24-36(42(44,45)46)28-37(25-35)43(47,48)49)39(26-32-12-7-4-8-13-32)41(54)52-22-20-51(21-23-52)30-34-14-9-5-10-15-34/h4-5,7-10,12-19,24-25,28,38-39H,2-3,6,11,20-23,26-27,29-30H2,1H3,(H,50,53)/t38?,39-/m0/s1. The van der Waals surface area contributed by atoms with E-state index in [1.54, 1.807) is 35.2 Å². The van der Waals surface area contributed by atoms with E-state index < -0.39 is 47.6 Å². The molecule has 2 amide bonds. The van der Waals surface area contributed by atoms with E-state index in [2.05, 4.69) is 17.1 Å². The van der Waals surface area contributed by atoms with Gasteiger partial charge in [-0.3, -0.25) is 14.5 Å². The first-order chi connectivity index (χ1) is 25.8. The second kappa shape index (κ2) is 18.6. The highest BCUT2D eigenvalue weighted by Crippen LogP contribution is 2.37. The number of rotatable bonds is 15. The summed E-state index contributed by atoms with van der Waals surface area (Å²) in [7, 11) is 0. The van der Waals surface area contributed by atoms with Crippen LogP contribution in [-0.2, 0) is 54.3 Å². The zero-order valence-electron chi connectivity index (χ0n) is 30.4. The number of halogens is 6. The highest BCUT2D eigenvalue weighted by Gasteiger charge is 2.40. The van der Waals surface area contributed by atoms with Crippen LogP contribution in [0.3, 0.4) is 0 Å². The molecule has 1 aliphatic heterocycles. The SMILES string of the molecule is CCCCCc1ccc(CNC(=O)C(Cc2cc(C(F)(F)F)cc(C(F)(F)F)c2)[C@H](Cc2ccccc2)C(=O)N2CCN(Cc3ccccc3)CC2)cc1. The Balaban J connectivity index is 1.45. The van der Waals surface area contributed by atoms with Gasteiger partial charge in [0.05, 0.1) is 23.0 Å². The summed E-state index contributed by atoms with van der Waals surface area (Å²) in [6.45, 7) is 4.74. The maximum atomic E-state index is 14.5. The summed E-state index contributed by atoms with van der Waals surface area (Å²) in [6.07, 6.45) is -6.37. The van der Waals surface area contributed by atoms with Gasteiger partial charge in [-0.25, -0.2) is 0 Å². The molecule has 1 N–H and O–H groups in total. The molecule has 1 saturated heterocycles. The zero-order chi connectivity index (χ0) is 38.7. The van der Waals surface area contributed by atoms with Crippen LogP contribution in [0.5, 0.6) is 0 Å². The molecule has 2 atom stereocenters. The molecule has 0 spiro atoms. The predicted molar refractivity (Wildman–Crippen MR) is 197 cm³/mol. The number of carbonyl (C=O) groups is 2. The Morgan fingerprint density at radius 1 is 0.630 bits per heavy atom. The number of aryl methyl sites for hydroxylation is 1. The van der Waals surface area contributed by atoms with Gasteiger partial charge in [0.15, 0.2) is 0 Å². The van der Waals surface area contributed by atoms with E-state index in [0.29, 0.717) is 44.9 Å². The number of carbonyl (C=O) groups excluding carboxylic acids is 2. The maximum absolute atomic E-state index is 14.5. The van der Waals surface area contributed by atoms with Gasteiger partial charge >= 0.3 is 12.4 Å². The zero-order valence-corrected chi connectivity index (χ0v) is 30.4. The quantitative estimate of drug-likeness (QED) is 0.0975. The third-order valence-electron chi connectivity index (χ3n) is 10.0. The molecule has 1 fully saturated rings. The van der Waals surface area contributed by atoms with E-state index in [0.717, 1.165) is 47.9 Å². The van der Waals surface area contributed by atoms with Crippen LogP contribution in [0.15, 0.2) is 103 Å². The molecule has 1 heterocycles. The number of hydrogen-bond acceptors (Lipinski definition) is 3. The smallest absolute Gasteiger partial charge is 0.352 e. The Hall–Kier alpha value is -4.64. The summed E-state index contributed by atoms with van der Waals surface area (Å²) in [4.78, 5) is 32.7. The first kappa shape index (κ1) is 40.5. The number of nitrogens with one attached hydrogen (secondary N) is 1. The van der Waals surface area contributed by atoms with E-state index in [-0.39, 0.29) is 30.5 Å². The molecule has 1 unspecified atom stereocenters. The van der Waals surface area contributed by atoms with Crippen molar-refractivity contribution in [1.29, 1.82) is 0 Å². The second-order valence-corrected chi connectivity index (χ2v) is 14.1. The Labute approximate surface area is 313 Å². The molecule has 5 nitrogen and oxygen atoms in total. The molecule has 288 valence electrons. The van der Waals surface area contributed by atoms with Gasteiger partial charge in [0.1, 0.15) is 0 Å². The van der Waals surface area contributed by atoms with Gasteiger partial charge in [0.25, 0.3) is 0 Å².